The Bertz CT molecular complexity index is 778. The van der Waals surface area contributed by atoms with Gasteiger partial charge in [0.05, 0.1) is 6.54 Å². The van der Waals surface area contributed by atoms with E-state index in [1.54, 1.807) is 0 Å². The number of halogens is 1. The van der Waals surface area contributed by atoms with Crippen LogP contribution >= 0.6 is 24.0 Å². The van der Waals surface area contributed by atoms with Gasteiger partial charge < -0.3 is 15.5 Å². The quantitative estimate of drug-likeness (QED) is 0.276. The van der Waals surface area contributed by atoms with E-state index in [-0.39, 0.29) is 24.0 Å². The lowest BCUT2D eigenvalue weighted by molar-refractivity contribution is -0.127. The largest absolute Gasteiger partial charge is 0.357 e. The highest BCUT2D eigenvalue weighted by atomic mass is 127. The maximum Gasteiger partial charge on any atom is 0.222 e. The molecule has 0 aliphatic carbocycles. The van der Waals surface area contributed by atoms with Gasteiger partial charge in [0.15, 0.2) is 5.96 Å². The minimum atomic E-state index is 0. The summed E-state index contributed by atoms with van der Waals surface area (Å²) in [5.74, 6) is 1.12. The van der Waals surface area contributed by atoms with Crippen molar-refractivity contribution >= 4 is 46.6 Å². The molecule has 0 saturated carbocycles. The number of fused-ring (bicyclic) bond motifs is 1. The highest BCUT2D eigenvalue weighted by molar-refractivity contribution is 14.0. The Morgan fingerprint density at radius 2 is 1.96 bits per heavy atom. The summed E-state index contributed by atoms with van der Waals surface area (Å²) in [7, 11) is 0. The Kier molecular flexibility index (Phi) is 8.84. The van der Waals surface area contributed by atoms with Crippen molar-refractivity contribution in [3.63, 3.8) is 0 Å². The molecule has 0 bridgehead atoms. The highest BCUT2D eigenvalue weighted by Crippen LogP contribution is 2.16. The van der Waals surface area contributed by atoms with Gasteiger partial charge in [0.1, 0.15) is 0 Å². The van der Waals surface area contributed by atoms with Gasteiger partial charge in [0.25, 0.3) is 0 Å². The monoisotopic (exact) mass is 480 g/mol. The number of benzene rings is 2. The van der Waals surface area contributed by atoms with Crippen molar-refractivity contribution < 1.29 is 4.79 Å². The highest BCUT2D eigenvalue weighted by Gasteiger charge is 2.18. The maximum atomic E-state index is 11.6. The second-order valence-electron chi connectivity index (χ2n) is 6.64. The summed E-state index contributed by atoms with van der Waals surface area (Å²) in [6.45, 7) is 6.09. The molecule has 2 aromatic carbocycles. The van der Waals surface area contributed by atoms with Crippen LogP contribution in [0.25, 0.3) is 10.8 Å². The summed E-state index contributed by atoms with van der Waals surface area (Å²) < 4.78 is 0. The van der Waals surface area contributed by atoms with E-state index in [4.69, 9.17) is 0 Å². The molecule has 1 amide bonds. The van der Waals surface area contributed by atoms with Crippen LogP contribution in [0.2, 0.25) is 0 Å². The summed E-state index contributed by atoms with van der Waals surface area (Å²) in [6, 6.07) is 14.9. The number of nitrogens with one attached hydrogen (secondary N) is 2. The van der Waals surface area contributed by atoms with Gasteiger partial charge in [-0.2, -0.15) is 0 Å². The molecule has 5 nitrogen and oxygen atoms in total. The molecule has 1 aliphatic rings. The lowest BCUT2D eigenvalue weighted by Gasteiger charge is -2.16. The van der Waals surface area contributed by atoms with Crippen LogP contribution in [0.4, 0.5) is 0 Å². The number of rotatable bonds is 7. The normalized spacial score (nSPS) is 14.3. The first kappa shape index (κ1) is 21.5. The molecule has 27 heavy (non-hydrogen) atoms. The van der Waals surface area contributed by atoms with E-state index in [0.29, 0.717) is 18.9 Å². The predicted molar refractivity (Wildman–Crippen MR) is 123 cm³/mol. The van der Waals surface area contributed by atoms with E-state index in [1.165, 1.54) is 16.3 Å². The molecule has 146 valence electrons. The minimum Gasteiger partial charge on any atom is -0.357 e. The standard InChI is InChI=1S/C21H28N4O.HI/c1-2-22-21(23-12-6-14-25-13-5-9-20(25)26)24-16-17-10-11-18-7-3-4-8-19(18)15-17;/h3-4,7-8,10-11,15H,2,5-6,9,12-14,16H2,1H3,(H2,22,23,24);1H. The van der Waals surface area contributed by atoms with Gasteiger partial charge in [-0.3, -0.25) is 4.79 Å². The van der Waals surface area contributed by atoms with E-state index in [2.05, 4.69) is 65.0 Å². The van der Waals surface area contributed by atoms with Gasteiger partial charge in [0.2, 0.25) is 5.91 Å². The summed E-state index contributed by atoms with van der Waals surface area (Å²) in [5, 5.41) is 9.15. The molecule has 1 aliphatic heterocycles. The number of likely N-dealkylation sites (tertiary alicyclic amines) is 1. The second kappa shape index (κ2) is 11.1. The molecule has 0 radical (unpaired) electrons. The smallest absolute Gasteiger partial charge is 0.222 e. The summed E-state index contributed by atoms with van der Waals surface area (Å²) in [5.41, 5.74) is 1.20. The Balaban J connectivity index is 0.00000261. The number of carbonyl (C=O) groups excluding carboxylic acids is 1. The molecule has 0 aromatic heterocycles. The van der Waals surface area contributed by atoms with Gasteiger partial charge in [-0.25, -0.2) is 4.99 Å². The molecular formula is C21H29IN4O. The molecule has 1 fully saturated rings. The zero-order valence-corrected chi connectivity index (χ0v) is 18.2. The molecule has 3 rings (SSSR count). The molecular weight excluding hydrogens is 451 g/mol. The topological polar surface area (TPSA) is 56.7 Å². The third-order valence-electron chi connectivity index (χ3n) is 4.65. The average molecular weight is 480 g/mol. The Hall–Kier alpha value is -1.83. The zero-order valence-electron chi connectivity index (χ0n) is 15.9. The van der Waals surface area contributed by atoms with Crippen molar-refractivity contribution in [2.24, 2.45) is 4.99 Å². The van der Waals surface area contributed by atoms with Crippen molar-refractivity contribution in [3.8, 4) is 0 Å². The van der Waals surface area contributed by atoms with Gasteiger partial charge in [-0.1, -0.05) is 36.4 Å². The molecule has 0 spiro atoms. The first-order chi connectivity index (χ1) is 12.8. The molecule has 2 aromatic rings. The number of amides is 1. The van der Waals surface area contributed by atoms with Crippen molar-refractivity contribution in [2.75, 3.05) is 26.2 Å². The number of carbonyl (C=O) groups is 1. The number of hydrogen-bond acceptors (Lipinski definition) is 2. The molecule has 0 atom stereocenters. The van der Waals surface area contributed by atoms with Crippen LogP contribution in [0.15, 0.2) is 47.5 Å². The van der Waals surface area contributed by atoms with E-state index in [1.807, 2.05) is 4.90 Å². The van der Waals surface area contributed by atoms with Crippen LogP contribution in [-0.4, -0.2) is 42.9 Å². The first-order valence-corrected chi connectivity index (χ1v) is 9.54. The van der Waals surface area contributed by atoms with Crippen LogP contribution < -0.4 is 10.6 Å². The van der Waals surface area contributed by atoms with Gasteiger partial charge in [-0.05, 0) is 42.2 Å². The van der Waals surface area contributed by atoms with E-state index in [0.717, 1.165) is 45.0 Å². The number of aliphatic imine (C=N–C) groups is 1. The maximum absolute atomic E-state index is 11.6. The summed E-state index contributed by atoms with van der Waals surface area (Å²) in [4.78, 5) is 18.3. The van der Waals surface area contributed by atoms with Crippen molar-refractivity contribution in [1.82, 2.24) is 15.5 Å². The van der Waals surface area contributed by atoms with Crippen LogP contribution in [0.1, 0.15) is 31.7 Å². The fourth-order valence-electron chi connectivity index (χ4n) is 3.27. The fourth-order valence-corrected chi connectivity index (χ4v) is 3.27. The Labute approximate surface area is 178 Å². The van der Waals surface area contributed by atoms with Crippen LogP contribution in [-0.2, 0) is 11.3 Å². The molecule has 6 heteroatoms. The van der Waals surface area contributed by atoms with Gasteiger partial charge in [0, 0.05) is 32.6 Å². The Morgan fingerprint density at radius 3 is 2.70 bits per heavy atom. The van der Waals surface area contributed by atoms with Crippen molar-refractivity contribution in [2.45, 2.75) is 32.7 Å². The number of hydrogen-bond donors (Lipinski definition) is 2. The fraction of sp³-hybridized carbons (Fsp3) is 0.429. The summed E-state index contributed by atoms with van der Waals surface area (Å²) >= 11 is 0. The number of guanidine groups is 1. The second-order valence-corrected chi connectivity index (χ2v) is 6.64. The van der Waals surface area contributed by atoms with Gasteiger partial charge in [-0.15, -0.1) is 24.0 Å². The number of nitrogens with zero attached hydrogens (tertiary/aromatic N) is 2. The molecule has 0 unspecified atom stereocenters. The zero-order chi connectivity index (χ0) is 18.2. The lowest BCUT2D eigenvalue weighted by atomic mass is 10.1. The third-order valence-corrected chi connectivity index (χ3v) is 4.65. The Morgan fingerprint density at radius 1 is 1.15 bits per heavy atom. The minimum absolute atomic E-state index is 0. The third kappa shape index (κ3) is 6.37. The predicted octanol–water partition coefficient (Wildman–Crippen LogP) is 3.53. The lowest BCUT2D eigenvalue weighted by Crippen LogP contribution is -2.39. The molecule has 2 N–H and O–H groups in total. The molecule has 1 heterocycles. The van der Waals surface area contributed by atoms with Crippen LogP contribution in [0, 0.1) is 0 Å². The average Bonchev–Trinajstić information content (AvgIpc) is 3.08. The van der Waals surface area contributed by atoms with E-state index < -0.39 is 0 Å². The summed E-state index contributed by atoms with van der Waals surface area (Å²) in [6.07, 6.45) is 2.65. The van der Waals surface area contributed by atoms with Crippen molar-refractivity contribution in [1.29, 1.82) is 0 Å². The van der Waals surface area contributed by atoms with Crippen LogP contribution in [0.3, 0.4) is 0 Å². The van der Waals surface area contributed by atoms with E-state index >= 15 is 0 Å². The van der Waals surface area contributed by atoms with Gasteiger partial charge >= 0.3 is 0 Å². The SMILES string of the molecule is CCNC(=NCc1ccc2ccccc2c1)NCCCN1CCCC1=O.I. The van der Waals surface area contributed by atoms with Crippen molar-refractivity contribution in [3.05, 3.63) is 48.0 Å². The van der Waals surface area contributed by atoms with Crippen LogP contribution in [0.5, 0.6) is 0 Å². The first-order valence-electron chi connectivity index (χ1n) is 9.54. The van der Waals surface area contributed by atoms with E-state index in [9.17, 15) is 4.79 Å². The molecule has 1 saturated heterocycles.